The Hall–Kier alpha value is -1.49. The third-order valence-corrected chi connectivity index (χ3v) is 3.10. The van der Waals surface area contributed by atoms with Crippen LogP contribution in [0.3, 0.4) is 0 Å². The molecule has 0 aromatic carbocycles. The average Bonchev–Trinajstić information content (AvgIpc) is 3.10. The second-order valence-corrected chi connectivity index (χ2v) is 5.07. The highest BCUT2D eigenvalue weighted by Gasteiger charge is 2.27. The van der Waals surface area contributed by atoms with Crippen LogP contribution in [-0.4, -0.2) is 30.7 Å². The lowest BCUT2D eigenvalue weighted by atomic mass is 10.2. The summed E-state index contributed by atoms with van der Waals surface area (Å²) in [5.41, 5.74) is 7.08. The van der Waals surface area contributed by atoms with Gasteiger partial charge in [0.2, 0.25) is 0 Å². The number of amides is 1. The highest BCUT2D eigenvalue weighted by Crippen LogP contribution is 2.37. The first-order chi connectivity index (χ1) is 8.61. The number of carbonyl (C=O) groups excluding carboxylic acids is 1. The Bertz CT molecular complexity index is 424. The minimum atomic E-state index is -0.0541. The van der Waals surface area contributed by atoms with Crippen molar-refractivity contribution < 1.29 is 9.53 Å². The number of methoxy groups -OCH3 is 1. The molecule has 0 aliphatic heterocycles. The SMILES string of the molecule is COCC(C)CNC(=O)c1cc(N)cn1C1CC1. The summed E-state index contributed by atoms with van der Waals surface area (Å²) in [4.78, 5) is 12.1. The second kappa shape index (κ2) is 5.44. The fourth-order valence-corrected chi connectivity index (χ4v) is 2.04. The number of nitrogens with zero attached hydrogens (tertiary/aromatic N) is 1. The first-order valence-corrected chi connectivity index (χ1v) is 6.36. The van der Waals surface area contributed by atoms with Crippen LogP contribution in [0, 0.1) is 5.92 Å². The zero-order chi connectivity index (χ0) is 13.1. The molecule has 0 saturated heterocycles. The summed E-state index contributed by atoms with van der Waals surface area (Å²) in [7, 11) is 1.66. The molecule has 1 unspecified atom stereocenters. The van der Waals surface area contributed by atoms with E-state index in [0.717, 1.165) is 12.8 Å². The lowest BCUT2D eigenvalue weighted by molar-refractivity contribution is 0.0924. The summed E-state index contributed by atoms with van der Waals surface area (Å²) >= 11 is 0. The molecule has 100 valence electrons. The van der Waals surface area contributed by atoms with Crippen LogP contribution in [0.5, 0.6) is 0 Å². The van der Waals surface area contributed by atoms with E-state index in [9.17, 15) is 4.79 Å². The van der Waals surface area contributed by atoms with E-state index < -0.39 is 0 Å². The Morgan fingerprint density at radius 2 is 2.39 bits per heavy atom. The van der Waals surface area contributed by atoms with Gasteiger partial charge in [0.15, 0.2) is 0 Å². The molecule has 2 rings (SSSR count). The van der Waals surface area contributed by atoms with Gasteiger partial charge < -0.3 is 20.4 Å². The molecule has 18 heavy (non-hydrogen) atoms. The number of carbonyl (C=O) groups is 1. The first-order valence-electron chi connectivity index (χ1n) is 6.36. The van der Waals surface area contributed by atoms with Crippen LogP contribution in [0.1, 0.15) is 36.3 Å². The second-order valence-electron chi connectivity index (χ2n) is 5.07. The lowest BCUT2D eigenvalue weighted by Gasteiger charge is -2.12. The van der Waals surface area contributed by atoms with E-state index in [1.807, 2.05) is 17.7 Å². The van der Waals surface area contributed by atoms with E-state index >= 15 is 0 Å². The van der Waals surface area contributed by atoms with Crippen molar-refractivity contribution in [2.75, 3.05) is 26.0 Å². The number of nitrogens with one attached hydrogen (secondary N) is 1. The van der Waals surface area contributed by atoms with Crippen molar-refractivity contribution in [3.63, 3.8) is 0 Å². The Balaban J connectivity index is 1.96. The number of hydrogen-bond acceptors (Lipinski definition) is 3. The largest absolute Gasteiger partial charge is 0.397 e. The lowest BCUT2D eigenvalue weighted by Crippen LogP contribution is -2.31. The van der Waals surface area contributed by atoms with Crippen LogP contribution in [0.4, 0.5) is 5.69 Å². The molecular weight excluding hydrogens is 230 g/mol. The summed E-state index contributed by atoms with van der Waals surface area (Å²) in [6.07, 6.45) is 4.12. The van der Waals surface area contributed by atoms with Crippen molar-refractivity contribution in [2.24, 2.45) is 5.92 Å². The predicted octanol–water partition coefficient (Wildman–Crippen LogP) is 1.42. The molecule has 0 bridgehead atoms. The Morgan fingerprint density at radius 1 is 1.67 bits per heavy atom. The van der Waals surface area contributed by atoms with E-state index in [2.05, 4.69) is 5.32 Å². The fourth-order valence-electron chi connectivity index (χ4n) is 2.04. The summed E-state index contributed by atoms with van der Waals surface area (Å²) < 4.78 is 7.03. The van der Waals surface area contributed by atoms with Gasteiger partial charge in [-0.3, -0.25) is 4.79 Å². The van der Waals surface area contributed by atoms with Gasteiger partial charge in [0.1, 0.15) is 5.69 Å². The van der Waals surface area contributed by atoms with Gasteiger partial charge in [-0.15, -0.1) is 0 Å². The highest BCUT2D eigenvalue weighted by molar-refractivity contribution is 5.93. The van der Waals surface area contributed by atoms with Gasteiger partial charge in [0.25, 0.3) is 5.91 Å². The minimum absolute atomic E-state index is 0.0541. The molecule has 3 N–H and O–H groups in total. The number of nitrogens with two attached hydrogens (primary N) is 1. The Morgan fingerprint density at radius 3 is 3.00 bits per heavy atom. The molecule has 1 heterocycles. The average molecular weight is 251 g/mol. The van der Waals surface area contributed by atoms with Crippen LogP contribution in [0.2, 0.25) is 0 Å². The normalized spacial score (nSPS) is 16.6. The molecule has 1 aromatic heterocycles. The summed E-state index contributed by atoms with van der Waals surface area (Å²) in [5.74, 6) is 0.252. The molecular formula is C13H21N3O2. The number of rotatable bonds is 6. The van der Waals surface area contributed by atoms with Gasteiger partial charge >= 0.3 is 0 Å². The van der Waals surface area contributed by atoms with Gasteiger partial charge in [0.05, 0.1) is 12.3 Å². The third kappa shape index (κ3) is 3.04. The highest BCUT2D eigenvalue weighted by atomic mass is 16.5. The van der Waals surface area contributed by atoms with Crippen molar-refractivity contribution in [2.45, 2.75) is 25.8 Å². The van der Waals surface area contributed by atoms with Gasteiger partial charge in [-0.2, -0.15) is 0 Å². The van der Waals surface area contributed by atoms with Crippen LogP contribution >= 0.6 is 0 Å². The van der Waals surface area contributed by atoms with Gasteiger partial charge in [-0.25, -0.2) is 0 Å². The van der Waals surface area contributed by atoms with Gasteiger partial charge in [0, 0.05) is 25.9 Å². The number of ether oxygens (including phenoxy) is 1. The summed E-state index contributed by atoms with van der Waals surface area (Å²) in [5, 5.41) is 2.92. The molecule has 1 amide bonds. The molecule has 1 fully saturated rings. The number of anilines is 1. The summed E-state index contributed by atoms with van der Waals surface area (Å²) in [6.45, 7) is 3.30. The van der Waals surface area contributed by atoms with E-state index in [4.69, 9.17) is 10.5 Å². The van der Waals surface area contributed by atoms with Crippen molar-refractivity contribution in [1.82, 2.24) is 9.88 Å². The molecule has 5 nitrogen and oxygen atoms in total. The predicted molar refractivity (Wildman–Crippen MR) is 70.5 cm³/mol. The van der Waals surface area contributed by atoms with Crippen molar-refractivity contribution in [3.8, 4) is 0 Å². The summed E-state index contributed by atoms with van der Waals surface area (Å²) in [6, 6.07) is 2.20. The van der Waals surface area contributed by atoms with E-state index in [1.54, 1.807) is 13.2 Å². The minimum Gasteiger partial charge on any atom is -0.397 e. The maximum absolute atomic E-state index is 12.1. The zero-order valence-corrected chi connectivity index (χ0v) is 11.0. The van der Waals surface area contributed by atoms with E-state index in [-0.39, 0.29) is 5.91 Å². The Kier molecular flexibility index (Phi) is 3.91. The van der Waals surface area contributed by atoms with Crippen LogP contribution in [0.15, 0.2) is 12.3 Å². The van der Waals surface area contributed by atoms with Crippen molar-refractivity contribution in [1.29, 1.82) is 0 Å². The maximum atomic E-state index is 12.1. The molecule has 1 aliphatic carbocycles. The third-order valence-electron chi connectivity index (χ3n) is 3.10. The molecule has 1 aliphatic rings. The number of aromatic nitrogens is 1. The molecule has 5 heteroatoms. The molecule has 1 atom stereocenters. The smallest absolute Gasteiger partial charge is 0.268 e. The van der Waals surface area contributed by atoms with Crippen LogP contribution < -0.4 is 11.1 Å². The standard InChI is InChI=1S/C13H21N3O2/c1-9(8-18-2)6-15-13(17)12-5-10(14)7-16(12)11-3-4-11/h5,7,9,11H,3-4,6,8,14H2,1-2H3,(H,15,17). The van der Waals surface area contributed by atoms with Gasteiger partial charge in [-0.1, -0.05) is 6.92 Å². The Labute approximate surface area is 107 Å². The molecule has 0 radical (unpaired) electrons. The molecule has 1 saturated carbocycles. The van der Waals surface area contributed by atoms with Gasteiger partial charge in [-0.05, 0) is 24.8 Å². The van der Waals surface area contributed by atoms with E-state index in [1.165, 1.54) is 0 Å². The van der Waals surface area contributed by atoms with Crippen LogP contribution in [0.25, 0.3) is 0 Å². The molecule has 1 aromatic rings. The van der Waals surface area contributed by atoms with Crippen LogP contribution in [-0.2, 0) is 4.74 Å². The monoisotopic (exact) mass is 251 g/mol. The zero-order valence-electron chi connectivity index (χ0n) is 11.0. The number of nitrogen functional groups attached to an aromatic ring is 1. The fraction of sp³-hybridized carbons (Fsp3) is 0.615. The van der Waals surface area contributed by atoms with Crippen molar-refractivity contribution >= 4 is 11.6 Å². The van der Waals surface area contributed by atoms with Crippen molar-refractivity contribution in [3.05, 3.63) is 18.0 Å². The first kappa shape index (κ1) is 13.0. The quantitative estimate of drug-likeness (QED) is 0.803. The van der Waals surface area contributed by atoms with E-state index in [0.29, 0.717) is 36.5 Å². The molecule has 0 spiro atoms. The topological polar surface area (TPSA) is 69.3 Å². The maximum Gasteiger partial charge on any atom is 0.268 e. The number of hydrogen-bond donors (Lipinski definition) is 2.